The Morgan fingerprint density at radius 3 is 2.48 bits per heavy atom. The molecule has 0 spiro atoms. The topological polar surface area (TPSA) is 118 Å². The third kappa shape index (κ3) is 2.86. The highest BCUT2D eigenvalue weighted by molar-refractivity contribution is 5.99. The molecule has 3 aromatic rings. The van der Waals surface area contributed by atoms with Crippen molar-refractivity contribution in [2.24, 2.45) is 0 Å². The molecule has 134 valence electrons. The molecule has 8 nitrogen and oxygen atoms in total. The van der Waals surface area contributed by atoms with E-state index in [0.717, 1.165) is 0 Å². The fraction of sp³-hybridized carbons (Fsp3) is 0.105. The van der Waals surface area contributed by atoms with E-state index in [4.69, 9.17) is 0 Å². The zero-order valence-electron chi connectivity index (χ0n) is 14.0. The van der Waals surface area contributed by atoms with Crippen molar-refractivity contribution in [1.29, 1.82) is 0 Å². The second-order valence-corrected chi connectivity index (χ2v) is 6.18. The van der Waals surface area contributed by atoms with Gasteiger partial charge in [0.25, 0.3) is 11.2 Å². The first-order valence-corrected chi connectivity index (χ1v) is 8.27. The molecule has 0 saturated heterocycles. The molecule has 2 heterocycles. The molecule has 1 aliphatic heterocycles. The van der Waals surface area contributed by atoms with Gasteiger partial charge in [0.15, 0.2) is 0 Å². The van der Waals surface area contributed by atoms with Gasteiger partial charge in [-0.3, -0.25) is 19.7 Å². The largest absolute Gasteiger partial charge is 0.324 e. The van der Waals surface area contributed by atoms with E-state index in [1.54, 1.807) is 18.2 Å². The normalized spacial score (nSPS) is 15.7. The maximum atomic E-state index is 12.6. The predicted octanol–water partition coefficient (Wildman–Crippen LogP) is 2.82. The molecule has 4 rings (SSSR count). The van der Waals surface area contributed by atoms with Gasteiger partial charge in [0.05, 0.1) is 16.2 Å². The molecular formula is C19H14N4O4. The molecule has 1 aromatic heterocycles. The smallest absolute Gasteiger partial charge is 0.273 e. The van der Waals surface area contributed by atoms with E-state index in [9.17, 15) is 19.7 Å². The van der Waals surface area contributed by atoms with E-state index in [2.05, 4.69) is 15.5 Å². The first-order valence-electron chi connectivity index (χ1n) is 8.27. The quantitative estimate of drug-likeness (QED) is 0.549. The number of hydrogen-bond acceptors (Lipinski definition) is 5. The highest BCUT2D eigenvalue weighted by Crippen LogP contribution is 2.41. The summed E-state index contributed by atoms with van der Waals surface area (Å²) in [5.41, 5.74) is 1.43. The van der Waals surface area contributed by atoms with Gasteiger partial charge in [-0.2, -0.15) is 5.10 Å². The van der Waals surface area contributed by atoms with Crippen LogP contribution in [-0.4, -0.2) is 21.0 Å². The van der Waals surface area contributed by atoms with Gasteiger partial charge < -0.3 is 5.32 Å². The number of nitrogens with one attached hydrogen (secondary N) is 2. The van der Waals surface area contributed by atoms with Crippen molar-refractivity contribution >= 4 is 17.3 Å². The van der Waals surface area contributed by atoms with Crippen LogP contribution >= 0.6 is 0 Å². The number of carbonyl (C=O) groups is 1. The zero-order chi connectivity index (χ0) is 19.0. The summed E-state index contributed by atoms with van der Waals surface area (Å²) in [5.74, 6) is -1.06. The molecule has 1 aliphatic rings. The van der Waals surface area contributed by atoms with Crippen molar-refractivity contribution in [3.05, 3.63) is 86.2 Å². The summed E-state index contributed by atoms with van der Waals surface area (Å²) in [6.07, 6.45) is -0.0564. The number of rotatable bonds is 3. The van der Waals surface area contributed by atoms with Crippen LogP contribution < -0.4 is 10.9 Å². The van der Waals surface area contributed by atoms with Crippen molar-refractivity contribution < 1.29 is 9.72 Å². The SMILES string of the molecule is O=C1CC(c2ccccc2[N+](=O)[O-])c2c(c(-c3ccccc3)n[nH]c2=O)N1. The van der Waals surface area contributed by atoms with Crippen LogP contribution in [0.4, 0.5) is 11.4 Å². The number of H-pyrrole nitrogens is 1. The molecule has 1 unspecified atom stereocenters. The molecule has 0 bridgehead atoms. The second kappa shape index (κ2) is 6.49. The number of anilines is 1. The minimum atomic E-state index is -0.732. The molecular weight excluding hydrogens is 348 g/mol. The minimum Gasteiger partial charge on any atom is -0.324 e. The summed E-state index contributed by atoms with van der Waals surface area (Å²) in [4.78, 5) is 35.9. The van der Waals surface area contributed by atoms with Gasteiger partial charge in [-0.25, -0.2) is 5.10 Å². The number of para-hydroxylation sites is 1. The van der Waals surface area contributed by atoms with E-state index in [1.807, 2.05) is 30.3 Å². The lowest BCUT2D eigenvalue weighted by molar-refractivity contribution is -0.385. The van der Waals surface area contributed by atoms with Crippen LogP contribution in [0.25, 0.3) is 11.3 Å². The average Bonchev–Trinajstić information content (AvgIpc) is 2.68. The Bertz CT molecular complexity index is 1110. The maximum Gasteiger partial charge on any atom is 0.273 e. The van der Waals surface area contributed by atoms with Crippen LogP contribution in [0.5, 0.6) is 0 Å². The Morgan fingerprint density at radius 2 is 1.74 bits per heavy atom. The third-order valence-corrected chi connectivity index (χ3v) is 4.58. The number of benzene rings is 2. The predicted molar refractivity (Wildman–Crippen MR) is 98.5 cm³/mol. The average molecular weight is 362 g/mol. The third-order valence-electron chi connectivity index (χ3n) is 4.58. The number of nitro benzene ring substituents is 1. The highest BCUT2D eigenvalue weighted by Gasteiger charge is 2.35. The molecule has 2 N–H and O–H groups in total. The highest BCUT2D eigenvalue weighted by atomic mass is 16.6. The van der Waals surface area contributed by atoms with Gasteiger partial charge >= 0.3 is 0 Å². The van der Waals surface area contributed by atoms with Gasteiger partial charge in [-0.15, -0.1) is 0 Å². The van der Waals surface area contributed by atoms with E-state index < -0.39 is 16.4 Å². The number of aromatic amines is 1. The van der Waals surface area contributed by atoms with Gasteiger partial charge in [0.2, 0.25) is 5.91 Å². The Morgan fingerprint density at radius 1 is 1.04 bits per heavy atom. The van der Waals surface area contributed by atoms with Gasteiger partial charge in [0.1, 0.15) is 5.69 Å². The Kier molecular flexibility index (Phi) is 4.00. The Labute approximate surface area is 153 Å². The fourth-order valence-corrected chi connectivity index (χ4v) is 3.42. The Balaban J connectivity index is 1.97. The van der Waals surface area contributed by atoms with E-state index >= 15 is 0 Å². The van der Waals surface area contributed by atoms with Gasteiger partial charge in [-0.05, 0) is 0 Å². The molecule has 8 heteroatoms. The molecule has 1 atom stereocenters. The number of hydrogen-bond donors (Lipinski definition) is 2. The molecule has 0 aliphatic carbocycles. The monoisotopic (exact) mass is 362 g/mol. The second-order valence-electron chi connectivity index (χ2n) is 6.18. The van der Waals surface area contributed by atoms with Crippen LogP contribution in [0.15, 0.2) is 59.4 Å². The number of fused-ring (bicyclic) bond motifs is 1. The maximum absolute atomic E-state index is 12.6. The van der Waals surface area contributed by atoms with E-state index in [0.29, 0.717) is 22.5 Å². The van der Waals surface area contributed by atoms with Gasteiger partial charge in [-0.1, -0.05) is 48.5 Å². The summed E-state index contributed by atoms with van der Waals surface area (Å²) in [6, 6.07) is 15.2. The lowest BCUT2D eigenvalue weighted by Crippen LogP contribution is -2.31. The van der Waals surface area contributed by atoms with Crippen LogP contribution in [0.1, 0.15) is 23.5 Å². The number of nitro groups is 1. The summed E-state index contributed by atoms with van der Waals surface area (Å²) in [6.45, 7) is 0. The molecule has 0 saturated carbocycles. The van der Waals surface area contributed by atoms with Crippen LogP contribution in [0.3, 0.4) is 0 Å². The van der Waals surface area contributed by atoms with Crippen LogP contribution in [-0.2, 0) is 4.79 Å². The van der Waals surface area contributed by atoms with E-state index in [1.165, 1.54) is 6.07 Å². The molecule has 2 aromatic carbocycles. The number of amides is 1. The number of carbonyl (C=O) groups excluding carboxylic acids is 1. The minimum absolute atomic E-state index is 0.0564. The van der Waals surface area contributed by atoms with Crippen LogP contribution in [0, 0.1) is 10.1 Å². The van der Waals surface area contributed by atoms with E-state index in [-0.39, 0.29) is 23.6 Å². The van der Waals surface area contributed by atoms with Crippen LogP contribution in [0.2, 0.25) is 0 Å². The molecule has 0 radical (unpaired) electrons. The molecule has 1 amide bonds. The Hall–Kier alpha value is -3.81. The summed E-state index contributed by atoms with van der Waals surface area (Å²) in [5, 5.41) is 20.7. The number of nitrogens with zero attached hydrogens (tertiary/aromatic N) is 2. The standard InChI is InChI=1S/C19H14N4O4/c24-15-10-13(12-8-4-5-9-14(12)23(26)27)16-18(20-15)17(21-22-19(16)25)11-6-2-1-3-7-11/h1-9,13H,10H2,(H,20,24)(H,22,25). The summed E-state index contributed by atoms with van der Waals surface area (Å²) < 4.78 is 0. The molecule has 27 heavy (non-hydrogen) atoms. The zero-order valence-corrected chi connectivity index (χ0v) is 14.0. The van der Waals surface area contributed by atoms with Crippen molar-refractivity contribution in [2.75, 3.05) is 5.32 Å². The number of aromatic nitrogens is 2. The first-order chi connectivity index (χ1) is 13.1. The van der Waals surface area contributed by atoms with Crippen molar-refractivity contribution in [3.8, 4) is 11.3 Å². The van der Waals surface area contributed by atoms with Crippen molar-refractivity contribution in [3.63, 3.8) is 0 Å². The molecule has 0 fully saturated rings. The first kappa shape index (κ1) is 16.6. The lowest BCUT2D eigenvalue weighted by Gasteiger charge is -2.26. The van der Waals surface area contributed by atoms with Crippen molar-refractivity contribution in [2.45, 2.75) is 12.3 Å². The van der Waals surface area contributed by atoms with Crippen molar-refractivity contribution in [1.82, 2.24) is 10.2 Å². The lowest BCUT2D eigenvalue weighted by atomic mass is 9.84. The summed E-state index contributed by atoms with van der Waals surface area (Å²) >= 11 is 0. The summed E-state index contributed by atoms with van der Waals surface area (Å²) in [7, 11) is 0. The van der Waals surface area contributed by atoms with Gasteiger partial charge in [0, 0.05) is 29.5 Å². The fourth-order valence-electron chi connectivity index (χ4n) is 3.42.